The van der Waals surface area contributed by atoms with Crippen molar-refractivity contribution in [1.29, 1.82) is 0 Å². The number of nitrogens with zero attached hydrogens (tertiary/aromatic N) is 2. The zero-order valence-electron chi connectivity index (χ0n) is 26.9. The molecule has 0 aliphatic carbocycles. The molecular weight excluding hydrogens is 714 g/mol. The van der Waals surface area contributed by atoms with E-state index in [2.05, 4.69) is 57.9 Å². The highest BCUT2D eigenvalue weighted by molar-refractivity contribution is 6.30. The minimum Gasteiger partial charge on any atom is -0.481 e. The molecule has 2 unspecified atom stereocenters. The number of halogens is 5. The molecule has 4 aromatic carbocycles. The largest absolute Gasteiger partial charge is 0.481 e. The Morgan fingerprint density at radius 3 is 1.35 bits per heavy atom. The number of benzene rings is 4. The Balaban J connectivity index is 0.000000443. The highest BCUT2D eigenvalue weighted by atomic mass is 35.5. The van der Waals surface area contributed by atoms with Gasteiger partial charge in [-0.1, -0.05) is 65.7 Å². The molecule has 0 bridgehead atoms. The molecule has 13 heteroatoms. The number of rotatable bonds is 8. The number of aliphatic imine (C=N–C) groups is 2. The molecule has 0 spiro atoms. The SMILES string of the molecule is CC1Oc2ccc(CNCc3ccc(Cl)cc3)cc2N=C1N.Cc1ccc(CNCc2ccc3c(c2)N=C(N)C(C)O3)cc1.Cl.Cl.Cl.Cl. The smallest absolute Gasteiger partial charge is 0.153 e. The van der Waals surface area contributed by atoms with E-state index < -0.39 is 0 Å². The molecule has 0 aromatic heterocycles. The molecule has 0 radical (unpaired) electrons. The maximum Gasteiger partial charge on any atom is 0.153 e. The number of aryl methyl sites for hydroxylation is 1. The van der Waals surface area contributed by atoms with Crippen molar-refractivity contribution in [2.75, 3.05) is 0 Å². The summed E-state index contributed by atoms with van der Waals surface area (Å²) in [6.07, 6.45) is -0.320. The molecule has 260 valence electrons. The van der Waals surface area contributed by atoms with E-state index in [9.17, 15) is 0 Å². The number of fused-ring (bicyclic) bond motifs is 2. The fourth-order valence-electron chi connectivity index (χ4n) is 4.69. The van der Waals surface area contributed by atoms with Crippen molar-refractivity contribution in [2.24, 2.45) is 21.5 Å². The first-order valence-corrected chi connectivity index (χ1v) is 15.1. The summed E-state index contributed by atoms with van der Waals surface area (Å²) >= 11 is 5.88. The minimum atomic E-state index is -0.165. The van der Waals surface area contributed by atoms with Crippen molar-refractivity contribution in [3.8, 4) is 11.5 Å². The van der Waals surface area contributed by atoms with E-state index in [0.717, 1.165) is 59.6 Å². The second-order valence-corrected chi connectivity index (χ2v) is 11.5. The summed E-state index contributed by atoms with van der Waals surface area (Å²) in [5, 5.41) is 7.60. The number of nitrogens with one attached hydrogen (secondary N) is 2. The molecule has 0 saturated carbocycles. The van der Waals surface area contributed by atoms with Crippen LogP contribution in [0.4, 0.5) is 11.4 Å². The zero-order valence-corrected chi connectivity index (χ0v) is 31.0. The fraction of sp³-hybridized carbons (Fsp3) is 0.257. The lowest BCUT2D eigenvalue weighted by Crippen LogP contribution is -2.33. The van der Waals surface area contributed by atoms with Crippen LogP contribution in [0.2, 0.25) is 5.02 Å². The van der Waals surface area contributed by atoms with Crippen LogP contribution in [0, 0.1) is 6.92 Å². The van der Waals surface area contributed by atoms with Gasteiger partial charge in [-0.15, -0.1) is 49.6 Å². The summed E-state index contributed by atoms with van der Waals surface area (Å²) in [7, 11) is 0. The summed E-state index contributed by atoms with van der Waals surface area (Å²) in [5.74, 6) is 2.61. The Bertz CT molecular complexity index is 1530. The van der Waals surface area contributed by atoms with E-state index >= 15 is 0 Å². The second kappa shape index (κ2) is 20.3. The monoisotopic (exact) mass is 754 g/mol. The molecule has 6 N–H and O–H groups in total. The quantitative estimate of drug-likeness (QED) is 0.144. The number of amidine groups is 2. The van der Waals surface area contributed by atoms with E-state index in [1.165, 1.54) is 22.3 Å². The zero-order chi connectivity index (χ0) is 31.1. The molecule has 2 heterocycles. The van der Waals surface area contributed by atoms with E-state index in [4.69, 9.17) is 32.5 Å². The number of ether oxygens (including phenoxy) is 2. The third kappa shape index (κ3) is 12.0. The second-order valence-electron chi connectivity index (χ2n) is 11.0. The third-order valence-corrected chi connectivity index (χ3v) is 7.59. The number of hydrogen-bond acceptors (Lipinski definition) is 8. The lowest BCUT2D eigenvalue weighted by atomic mass is 10.1. The van der Waals surface area contributed by atoms with Crippen LogP contribution in [-0.4, -0.2) is 23.9 Å². The predicted octanol–water partition coefficient (Wildman–Crippen LogP) is 8.14. The molecule has 48 heavy (non-hydrogen) atoms. The highest BCUT2D eigenvalue weighted by Crippen LogP contribution is 2.33. The maximum absolute atomic E-state index is 5.88. The molecule has 6 rings (SSSR count). The van der Waals surface area contributed by atoms with E-state index in [1.54, 1.807) is 0 Å². The summed E-state index contributed by atoms with van der Waals surface area (Å²) in [6.45, 7) is 9.05. The van der Waals surface area contributed by atoms with Crippen molar-refractivity contribution in [3.63, 3.8) is 0 Å². The van der Waals surface area contributed by atoms with Gasteiger partial charge in [-0.05, 0) is 79.4 Å². The van der Waals surface area contributed by atoms with E-state index in [0.29, 0.717) is 11.7 Å². The maximum atomic E-state index is 5.88. The van der Waals surface area contributed by atoms with Crippen molar-refractivity contribution >= 4 is 84.3 Å². The van der Waals surface area contributed by atoms with Crippen molar-refractivity contribution in [1.82, 2.24) is 10.6 Å². The normalized spacial score (nSPS) is 15.2. The topological polar surface area (TPSA) is 119 Å². The predicted molar refractivity (Wildman–Crippen MR) is 208 cm³/mol. The van der Waals surface area contributed by atoms with Crippen LogP contribution in [0.25, 0.3) is 0 Å². The minimum absolute atomic E-state index is 0. The molecule has 2 aliphatic rings. The van der Waals surface area contributed by atoms with Crippen LogP contribution in [0.3, 0.4) is 0 Å². The van der Waals surface area contributed by atoms with Gasteiger partial charge in [0.1, 0.15) is 34.5 Å². The first-order chi connectivity index (χ1) is 21.2. The van der Waals surface area contributed by atoms with Crippen molar-refractivity contribution < 1.29 is 9.47 Å². The van der Waals surface area contributed by atoms with Gasteiger partial charge in [0.05, 0.1) is 0 Å². The van der Waals surface area contributed by atoms with E-state index in [-0.39, 0.29) is 61.8 Å². The molecule has 4 aromatic rings. The molecular formula is C35H43Cl5N6O2. The Kier molecular flexibility index (Phi) is 18.1. The average molecular weight is 757 g/mol. The van der Waals surface area contributed by atoms with Crippen LogP contribution in [0.1, 0.15) is 41.7 Å². The first kappa shape index (κ1) is 42.8. The van der Waals surface area contributed by atoms with Crippen LogP contribution < -0.4 is 31.6 Å². The van der Waals surface area contributed by atoms with Crippen molar-refractivity contribution in [3.05, 3.63) is 118 Å². The molecule has 8 nitrogen and oxygen atoms in total. The number of nitrogens with two attached hydrogens (primary N) is 2. The lowest BCUT2D eigenvalue weighted by molar-refractivity contribution is 0.281. The Morgan fingerprint density at radius 2 is 0.938 bits per heavy atom. The van der Waals surface area contributed by atoms with Gasteiger partial charge in [0.25, 0.3) is 0 Å². The Hall–Kier alpha value is -3.21. The third-order valence-electron chi connectivity index (χ3n) is 7.34. The van der Waals surface area contributed by atoms with Crippen LogP contribution in [-0.2, 0) is 26.2 Å². The van der Waals surface area contributed by atoms with Gasteiger partial charge in [0.2, 0.25) is 0 Å². The van der Waals surface area contributed by atoms with Crippen molar-refractivity contribution in [2.45, 2.75) is 59.2 Å². The van der Waals surface area contributed by atoms with Gasteiger partial charge in [-0.3, -0.25) is 0 Å². The van der Waals surface area contributed by atoms with Gasteiger partial charge in [-0.25, -0.2) is 9.98 Å². The molecule has 2 aliphatic heterocycles. The van der Waals surface area contributed by atoms with Gasteiger partial charge in [-0.2, -0.15) is 0 Å². The summed E-state index contributed by atoms with van der Waals surface area (Å²) in [4.78, 5) is 8.80. The first-order valence-electron chi connectivity index (χ1n) is 14.7. The van der Waals surface area contributed by atoms with Crippen LogP contribution in [0.5, 0.6) is 11.5 Å². The molecule has 2 atom stereocenters. The van der Waals surface area contributed by atoms with E-state index in [1.807, 2.05) is 68.4 Å². The van der Waals surface area contributed by atoms with Gasteiger partial charge >= 0.3 is 0 Å². The van der Waals surface area contributed by atoms with Crippen LogP contribution in [0.15, 0.2) is 94.9 Å². The van der Waals surface area contributed by atoms with Crippen LogP contribution >= 0.6 is 61.2 Å². The Morgan fingerprint density at radius 1 is 0.583 bits per heavy atom. The van der Waals surface area contributed by atoms with Gasteiger partial charge in [0.15, 0.2) is 12.2 Å². The van der Waals surface area contributed by atoms with Gasteiger partial charge in [0, 0.05) is 31.2 Å². The Labute approximate surface area is 312 Å². The summed E-state index contributed by atoms with van der Waals surface area (Å²) < 4.78 is 11.4. The lowest BCUT2D eigenvalue weighted by Gasteiger charge is -2.21. The average Bonchev–Trinajstić information content (AvgIpc) is 3.01. The summed E-state index contributed by atoms with van der Waals surface area (Å²) in [6, 6.07) is 28.4. The van der Waals surface area contributed by atoms with Gasteiger partial charge < -0.3 is 31.6 Å². The molecule has 0 amide bonds. The molecule has 0 saturated heterocycles. The molecule has 0 fully saturated rings. The number of hydrogen-bond donors (Lipinski definition) is 4. The standard InChI is InChI=1S/C18H21N3O.C17H18ClN3O.4ClH/c1-12-3-5-14(6-4-12)10-20-11-15-7-8-17-16(9-15)21-18(19)13(2)22-17;1-11-17(19)21-15-8-13(4-7-16(15)22-11)10-20-9-12-2-5-14(18)6-3-12;;;;/h3-9,13,20H,10-11H2,1-2H3,(H2,19,21);2-8,11,20H,9-10H2,1H3,(H2,19,21);4*1H. The fourth-order valence-corrected chi connectivity index (χ4v) is 4.82. The highest BCUT2D eigenvalue weighted by Gasteiger charge is 2.19. The summed E-state index contributed by atoms with van der Waals surface area (Å²) in [5.41, 5.74) is 19.3.